The van der Waals surface area contributed by atoms with E-state index in [-0.39, 0.29) is 62.7 Å². The molecule has 22 heteroatoms. The molecule has 0 aliphatic rings. The number of carbonyl (C=O) groups excluding carboxylic acids is 6. The number of hydrogen-bond acceptors (Lipinski definition) is 12. The van der Waals surface area contributed by atoms with Gasteiger partial charge >= 0.3 is 12.0 Å². The third kappa shape index (κ3) is 18.7. The number of rotatable bonds is 25. The normalized spacial score (nSPS) is 14.0. The van der Waals surface area contributed by atoms with Crippen LogP contribution in [0.15, 0.2) is 0 Å². The summed E-state index contributed by atoms with van der Waals surface area (Å²) < 4.78 is 0. The zero-order chi connectivity index (χ0) is 38.4. The zero-order valence-electron chi connectivity index (χ0n) is 28.4. The lowest BCUT2D eigenvalue weighted by molar-refractivity contribution is -0.142. The van der Waals surface area contributed by atoms with E-state index < -0.39 is 77.3 Å². The molecule has 0 aliphatic heterocycles. The molecule has 0 spiro atoms. The Balaban J connectivity index is 6.06. The molecule has 0 aromatic rings. The fourth-order valence-electron chi connectivity index (χ4n) is 4.23. The van der Waals surface area contributed by atoms with Gasteiger partial charge in [-0.15, -0.1) is 0 Å². The van der Waals surface area contributed by atoms with E-state index in [9.17, 15) is 38.7 Å². The highest BCUT2D eigenvalue weighted by molar-refractivity contribution is 7.80. The Kier molecular flexibility index (Phi) is 22.2. The number of guanidine groups is 1. The van der Waals surface area contributed by atoms with E-state index in [1.54, 1.807) is 0 Å². The van der Waals surface area contributed by atoms with Crippen LogP contribution in [0.5, 0.6) is 0 Å². The molecule has 0 aromatic heterocycles. The fraction of sp³-hybridized carbons (Fsp3) is 0.714. The van der Waals surface area contributed by atoms with Crippen molar-refractivity contribution in [3.05, 3.63) is 0 Å². The van der Waals surface area contributed by atoms with Gasteiger partial charge in [0.15, 0.2) is 5.96 Å². The second kappa shape index (κ2) is 24.2. The van der Waals surface area contributed by atoms with Crippen molar-refractivity contribution in [1.29, 1.82) is 5.41 Å². The molecule has 7 amide bonds. The summed E-state index contributed by atoms with van der Waals surface area (Å²) in [6.07, 6.45) is 1.60. The smallest absolute Gasteiger partial charge is 0.327 e. The second-order valence-corrected chi connectivity index (χ2v) is 12.6. The summed E-state index contributed by atoms with van der Waals surface area (Å²) in [7, 11) is 0. The number of hydrogen-bond donors (Lipinski definition) is 15. The maximum absolute atomic E-state index is 13.6. The molecule has 0 saturated carbocycles. The summed E-state index contributed by atoms with van der Waals surface area (Å²) in [5, 5.41) is 34.1. The van der Waals surface area contributed by atoms with Gasteiger partial charge < -0.3 is 65.3 Å². The van der Waals surface area contributed by atoms with E-state index >= 15 is 0 Å². The van der Waals surface area contributed by atoms with E-state index in [2.05, 4.69) is 62.5 Å². The van der Waals surface area contributed by atoms with Crippen LogP contribution in [-0.4, -0.2) is 119 Å². The summed E-state index contributed by atoms with van der Waals surface area (Å²) >= 11 is 7.95. The van der Waals surface area contributed by atoms with Crippen molar-refractivity contribution in [2.24, 2.45) is 22.9 Å². The molecule has 5 atom stereocenters. The van der Waals surface area contributed by atoms with Crippen LogP contribution in [0.3, 0.4) is 0 Å². The Labute approximate surface area is 302 Å². The van der Waals surface area contributed by atoms with Gasteiger partial charge in [-0.25, -0.2) is 9.59 Å². The molecule has 0 aromatic carbocycles. The molecule has 0 aliphatic carbocycles. The molecule has 50 heavy (non-hydrogen) atoms. The van der Waals surface area contributed by atoms with E-state index in [1.165, 1.54) is 13.8 Å². The van der Waals surface area contributed by atoms with E-state index in [4.69, 9.17) is 28.3 Å². The predicted octanol–water partition coefficient (Wildman–Crippen LogP) is -4.07. The predicted molar refractivity (Wildman–Crippen MR) is 192 cm³/mol. The second-order valence-electron chi connectivity index (χ2n) is 11.8. The first-order chi connectivity index (χ1) is 23.4. The van der Waals surface area contributed by atoms with Crippen LogP contribution in [0, 0.1) is 5.41 Å². The Morgan fingerprint density at radius 1 is 0.700 bits per heavy atom. The summed E-state index contributed by atoms with van der Waals surface area (Å²) in [4.78, 5) is 88.6. The van der Waals surface area contributed by atoms with Gasteiger partial charge in [0.2, 0.25) is 29.5 Å². The molecule has 0 fully saturated rings. The largest absolute Gasteiger partial charge is 0.480 e. The van der Waals surface area contributed by atoms with Crippen LogP contribution in [0.4, 0.5) is 4.79 Å². The standard InChI is InChI=1S/C28H54N12O8S2/c1-28(2,25(47)39-17(8-5-11-34-26(31)32)22(43)38-19(14-50)24(45)46)40-23(44)18(9-6-12-35-27(33)48)37-21(42)16(7-3-4-10-29)36-20(41)15(30)13-49/h15-19,49-50H,3-14,29-30H2,1-2H3,(H,36,41)(H,37,42)(H,38,43)(H,39,47)(H,40,44)(H,45,46)(H4,31,32,34)(H3,33,35,48)/t15-,16-,17-,18-,19-/m0/s1. The Morgan fingerprint density at radius 3 is 1.66 bits per heavy atom. The quantitative estimate of drug-likeness (QED) is 0.0183. The maximum Gasteiger partial charge on any atom is 0.327 e. The summed E-state index contributed by atoms with van der Waals surface area (Å²) in [6, 6.07) is -6.74. The van der Waals surface area contributed by atoms with Gasteiger partial charge in [-0.1, -0.05) is 0 Å². The number of amides is 7. The SMILES string of the molecule is CC(C)(NC(=O)[C@H](CCCNC(N)=O)NC(=O)[C@H](CCCCN)NC(=O)[C@@H](N)CS)C(=O)N[C@@H](CCCNC(=N)N)C(=O)N[C@@H](CS)C(=O)O. The van der Waals surface area contributed by atoms with E-state index in [0.717, 1.165) is 0 Å². The van der Waals surface area contributed by atoms with Gasteiger partial charge in [-0.3, -0.25) is 29.4 Å². The molecule has 0 rings (SSSR count). The zero-order valence-corrected chi connectivity index (χ0v) is 30.2. The minimum Gasteiger partial charge on any atom is -0.480 e. The highest BCUT2D eigenvalue weighted by atomic mass is 32.1. The molecule has 286 valence electrons. The average Bonchev–Trinajstić information content (AvgIpc) is 3.04. The molecule has 0 heterocycles. The van der Waals surface area contributed by atoms with Crippen molar-refractivity contribution in [3.63, 3.8) is 0 Å². The lowest BCUT2D eigenvalue weighted by atomic mass is 10.00. The summed E-state index contributed by atoms with van der Waals surface area (Å²) in [6.45, 7) is 3.28. The number of carboxylic acids is 1. The molecule has 0 saturated heterocycles. The first-order valence-electron chi connectivity index (χ1n) is 16.0. The van der Waals surface area contributed by atoms with Gasteiger partial charge in [-0.2, -0.15) is 25.3 Å². The van der Waals surface area contributed by atoms with Crippen LogP contribution >= 0.6 is 25.3 Å². The Bertz CT molecular complexity index is 1180. The number of primary amides is 1. The number of urea groups is 1. The number of nitrogens with one attached hydrogen (secondary N) is 8. The summed E-state index contributed by atoms with van der Waals surface area (Å²) in [5.41, 5.74) is 20.1. The van der Waals surface area contributed by atoms with Crippen LogP contribution in [0.2, 0.25) is 0 Å². The van der Waals surface area contributed by atoms with Crippen molar-refractivity contribution in [3.8, 4) is 0 Å². The Hall–Kier alpha value is -4.02. The van der Waals surface area contributed by atoms with Gasteiger partial charge in [0.25, 0.3) is 0 Å². The monoisotopic (exact) mass is 750 g/mol. The topological polar surface area (TPSA) is 352 Å². The molecule has 0 radical (unpaired) electrons. The van der Waals surface area contributed by atoms with Crippen molar-refractivity contribution in [1.82, 2.24) is 37.2 Å². The first kappa shape index (κ1) is 46.0. The van der Waals surface area contributed by atoms with E-state index in [0.29, 0.717) is 19.4 Å². The third-order valence-corrected chi connectivity index (χ3v) is 7.88. The molecule has 0 bridgehead atoms. The number of unbranched alkanes of at least 4 members (excludes halogenated alkanes) is 1. The van der Waals surface area contributed by atoms with Crippen molar-refractivity contribution >= 4 is 72.8 Å². The van der Waals surface area contributed by atoms with Crippen molar-refractivity contribution in [2.75, 3.05) is 31.1 Å². The molecule has 0 unspecified atom stereocenters. The average molecular weight is 751 g/mol. The molecular weight excluding hydrogens is 697 g/mol. The number of carboxylic acid groups (broad SMARTS) is 1. The van der Waals surface area contributed by atoms with E-state index in [1.807, 2.05) is 0 Å². The minimum absolute atomic E-state index is 0.000473. The van der Waals surface area contributed by atoms with Gasteiger partial charge in [0, 0.05) is 24.6 Å². The fourth-order valence-corrected chi connectivity index (χ4v) is 4.64. The lowest BCUT2D eigenvalue weighted by Crippen LogP contribution is -2.63. The molecular formula is C28H54N12O8S2. The molecule has 20 nitrogen and oxygen atoms in total. The van der Waals surface area contributed by atoms with Gasteiger partial charge in [0.05, 0.1) is 6.04 Å². The van der Waals surface area contributed by atoms with Gasteiger partial charge in [-0.05, 0) is 65.3 Å². The van der Waals surface area contributed by atoms with Crippen LogP contribution < -0.4 is 60.2 Å². The minimum atomic E-state index is -1.69. The van der Waals surface area contributed by atoms with Gasteiger partial charge in [0.1, 0.15) is 29.7 Å². The maximum atomic E-state index is 13.6. The lowest BCUT2D eigenvalue weighted by Gasteiger charge is -2.31. The first-order valence-corrected chi connectivity index (χ1v) is 17.2. The van der Waals surface area contributed by atoms with Crippen LogP contribution in [0.1, 0.15) is 58.8 Å². The molecule has 17 N–H and O–H groups in total. The van der Waals surface area contributed by atoms with Crippen molar-refractivity contribution < 1.29 is 38.7 Å². The third-order valence-electron chi connectivity index (χ3n) is 7.12. The number of carbonyl (C=O) groups is 7. The Morgan fingerprint density at radius 2 is 1.18 bits per heavy atom. The van der Waals surface area contributed by atoms with Crippen molar-refractivity contribution in [2.45, 2.75) is 94.5 Å². The number of aliphatic carboxylic acids is 1. The van der Waals surface area contributed by atoms with Crippen LogP contribution in [-0.2, 0) is 28.8 Å². The highest BCUT2D eigenvalue weighted by Gasteiger charge is 2.36. The number of nitrogens with two attached hydrogens (primary N) is 4. The summed E-state index contributed by atoms with van der Waals surface area (Å²) in [5.74, 6) is -5.64. The number of thiol groups is 2. The van der Waals surface area contributed by atoms with Crippen LogP contribution in [0.25, 0.3) is 0 Å². The highest BCUT2D eigenvalue weighted by Crippen LogP contribution is 2.10.